The fourth-order valence-corrected chi connectivity index (χ4v) is 3.41. The number of halogens is 1. The van der Waals surface area contributed by atoms with Gasteiger partial charge in [-0.15, -0.1) is 0 Å². The quantitative estimate of drug-likeness (QED) is 0.679. The minimum atomic E-state index is -0.575. The highest BCUT2D eigenvalue weighted by Crippen LogP contribution is 2.26. The van der Waals surface area contributed by atoms with E-state index in [1.54, 1.807) is 24.3 Å². The van der Waals surface area contributed by atoms with Crippen LogP contribution in [0.15, 0.2) is 24.3 Å². The SMILES string of the molecule is COC(=O)C[C@@H](NC(=O)CCNC(=O)C1CCCC1)c1ccccc1Cl. The largest absolute Gasteiger partial charge is 0.469 e. The summed E-state index contributed by atoms with van der Waals surface area (Å²) in [6, 6.07) is 6.46. The molecule has 2 amide bonds. The van der Waals surface area contributed by atoms with Gasteiger partial charge in [-0.1, -0.05) is 42.6 Å². The van der Waals surface area contributed by atoms with E-state index < -0.39 is 12.0 Å². The van der Waals surface area contributed by atoms with Gasteiger partial charge in [0.05, 0.1) is 19.6 Å². The number of esters is 1. The molecule has 2 N–H and O–H groups in total. The summed E-state index contributed by atoms with van der Waals surface area (Å²) in [5.74, 6) is -0.601. The molecule has 142 valence electrons. The van der Waals surface area contributed by atoms with Crippen LogP contribution in [-0.2, 0) is 19.1 Å². The topological polar surface area (TPSA) is 84.5 Å². The van der Waals surface area contributed by atoms with Crippen molar-refractivity contribution in [3.05, 3.63) is 34.9 Å². The van der Waals surface area contributed by atoms with Crippen LogP contribution in [0, 0.1) is 5.92 Å². The molecule has 0 aromatic heterocycles. The maximum Gasteiger partial charge on any atom is 0.307 e. The van der Waals surface area contributed by atoms with Crippen LogP contribution in [0.5, 0.6) is 0 Å². The number of carbonyl (C=O) groups is 3. The molecule has 2 rings (SSSR count). The number of amides is 2. The highest BCUT2D eigenvalue weighted by molar-refractivity contribution is 6.31. The molecule has 1 aromatic carbocycles. The Hall–Kier alpha value is -2.08. The summed E-state index contributed by atoms with van der Waals surface area (Å²) < 4.78 is 4.70. The molecule has 1 aromatic rings. The number of rotatable bonds is 8. The highest BCUT2D eigenvalue weighted by atomic mass is 35.5. The summed E-state index contributed by atoms with van der Waals surface area (Å²) in [4.78, 5) is 35.9. The molecule has 0 spiro atoms. The second kappa shape index (κ2) is 10.2. The van der Waals surface area contributed by atoms with Crippen molar-refractivity contribution < 1.29 is 19.1 Å². The molecule has 0 radical (unpaired) electrons. The summed E-state index contributed by atoms with van der Waals surface area (Å²) in [5, 5.41) is 6.09. The Morgan fingerprint density at radius 3 is 2.58 bits per heavy atom. The van der Waals surface area contributed by atoms with Crippen LogP contribution in [0.2, 0.25) is 5.02 Å². The number of ether oxygens (including phenoxy) is 1. The van der Waals surface area contributed by atoms with Crippen molar-refractivity contribution in [3.63, 3.8) is 0 Å². The van der Waals surface area contributed by atoms with Crippen LogP contribution in [0.4, 0.5) is 0 Å². The molecule has 1 aliphatic carbocycles. The number of hydrogen-bond acceptors (Lipinski definition) is 4. The molecule has 1 aliphatic rings. The van der Waals surface area contributed by atoms with Gasteiger partial charge in [-0.25, -0.2) is 0 Å². The number of carbonyl (C=O) groups excluding carboxylic acids is 3. The third-order valence-electron chi connectivity index (χ3n) is 4.59. The lowest BCUT2D eigenvalue weighted by molar-refractivity contribution is -0.141. The highest BCUT2D eigenvalue weighted by Gasteiger charge is 2.23. The van der Waals surface area contributed by atoms with Crippen molar-refractivity contribution in [2.75, 3.05) is 13.7 Å². The van der Waals surface area contributed by atoms with Crippen LogP contribution in [0.25, 0.3) is 0 Å². The molecule has 0 aliphatic heterocycles. The maximum absolute atomic E-state index is 12.3. The third kappa shape index (κ3) is 6.02. The third-order valence-corrected chi connectivity index (χ3v) is 4.94. The minimum Gasteiger partial charge on any atom is -0.469 e. The van der Waals surface area contributed by atoms with Gasteiger partial charge >= 0.3 is 5.97 Å². The lowest BCUT2D eigenvalue weighted by Gasteiger charge is -2.19. The van der Waals surface area contributed by atoms with Crippen LogP contribution in [0.1, 0.15) is 50.1 Å². The van der Waals surface area contributed by atoms with E-state index in [4.69, 9.17) is 16.3 Å². The lowest BCUT2D eigenvalue weighted by atomic mass is 10.0. The lowest BCUT2D eigenvalue weighted by Crippen LogP contribution is -2.35. The van der Waals surface area contributed by atoms with Gasteiger partial charge in [0.1, 0.15) is 0 Å². The Labute approximate surface area is 158 Å². The summed E-state index contributed by atoms with van der Waals surface area (Å²) in [6.45, 7) is 0.272. The van der Waals surface area contributed by atoms with Crippen molar-refractivity contribution in [2.45, 2.75) is 44.6 Å². The number of benzene rings is 1. The molecule has 1 saturated carbocycles. The molecule has 0 saturated heterocycles. The van der Waals surface area contributed by atoms with E-state index in [1.807, 2.05) is 0 Å². The first kappa shape index (κ1) is 20.2. The van der Waals surface area contributed by atoms with Crippen LogP contribution < -0.4 is 10.6 Å². The molecule has 1 fully saturated rings. The van der Waals surface area contributed by atoms with Crippen molar-refractivity contribution in [2.24, 2.45) is 5.92 Å². The van der Waals surface area contributed by atoms with E-state index in [9.17, 15) is 14.4 Å². The van der Waals surface area contributed by atoms with Gasteiger partial charge in [0.25, 0.3) is 0 Å². The average Bonchev–Trinajstić information content (AvgIpc) is 3.16. The van der Waals surface area contributed by atoms with Crippen molar-refractivity contribution in [1.29, 1.82) is 0 Å². The molecule has 6 nitrogen and oxygen atoms in total. The monoisotopic (exact) mass is 380 g/mol. The second-order valence-corrected chi connectivity index (χ2v) is 6.85. The molecule has 26 heavy (non-hydrogen) atoms. The van der Waals surface area contributed by atoms with Crippen LogP contribution >= 0.6 is 11.6 Å². The summed E-state index contributed by atoms with van der Waals surface area (Å²) in [6.07, 6.45) is 4.15. The van der Waals surface area contributed by atoms with E-state index in [2.05, 4.69) is 10.6 Å². The van der Waals surface area contributed by atoms with Gasteiger partial charge in [-0.2, -0.15) is 0 Å². The summed E-state index contributed by atoms with van der Waals surface area (Å²) >= 11 is 6.19. The molecular formula is C19H25ClN2O4. The first-order chi connectivity index (χ1) is 12.5. The molecule has 7 heteroatoms. The van der Waals surface area contributed by atoms with Crippen LogP contribution in [-0.4, -0.2) is 31.4 Å². The molecule has 0 unspecified atom stereocenters. The average molecular weight is 381 g/mol. The van der Waals surface area contributed by atoms with E-state index in [-0.39, 0.29) is 37.1 Å². The molecule has 0 heterocycles. The molecular weight excluding hydrogens is 356 g/mol. The summed E-state index contributed by atoms with van der Waals surface area (Å²) in [5.41, 5.74) is 0.655. The van der Waals surface area contributed by atoms with E-state index in [1.165, 1.54) is 7.11 Å². The first-order valence-corrected chi connectivity index (χ1v) is 9.27. The predicted octanol–water partition coefficient (Wildman–Crippen LogP) is 2.76. The normalized spacial score (nSPS) is 15.3. The van der Waals surface area contributed by atoms with E-state index in [0.717, 1.165) is 25.7 Å². The maximum atomic E-state index is 12.3. The molecule has 0 bridgehead atoms. The van der Waals surface area contributed by atoms with E-state index >= 15 is 0 Å². The Balaban J connectivity index is 1.88. The van der Waals surface area contributed by atoms with Gasteiger partial charge in [-0.05, 0) is 24.5 Å². The van der Waals surface area contributed by atoms with E-state index in [0.29, 0.717) is 10.6 Å². The van der Waals surface area contributed by atoms with Gasteiger partial charge in [0.2, 0.25) is 11.8 Å². The standard InChI is InChI=1S/C19H25ClN2O4/c1-26-18(24)12-16(14-8-4-5-9-15(14)20)22-17(23)10-11-21-19(25)13-6-2-3-7-13/h4-5,8-9,13,16H,2-3,6-7,10-12H2,1H3,(H,21,25)(H,22,23)/t16-/m1/s1. The molecule has 1 atom stereocenters. The van der Waals surface area contributed by atoms with Gasteiger partial charge in [0.15, 0.2) is 0 Å². The zero-order valence-corrected chi connectivity index (χ0v) is 15.7. The van der Waals surface area contributed by atoms with Crippen molar-refractivity contribution in [3.8, 4) is 0 Å². The number of hydrogen-bond donors (Lipinski definition) is 2. The minimum absolute atomic E-state index is 0.0135. The Morgan fingerprint density at radius 2 is 1.92 bits per heavy atom. The first-order valence-electron chi connectivity index (χ1n) is 8.89. The van der Waals surface area contributed by atoms with Gasteiger partial charge < -0.3 is 15.4 Å². The zero-order valence-electron chi connectivity index (χ0n) is 14.9. The predicted molar refractivity (Wildman–Crippen MR) is 98.6 cm³/mol. The van der Waals surface area contributed by atoms with Gasteiger partial charge in [0, 0.05) is 23.9 Å². The number of nitrogens with one attached hydrogen (secondary N) is 2. The van der Waals surface area contributed by atoms with Crippen molar-refractivity contribution in [1.82, 2.24) is 10.6 Å². The Bertz CT molecular complexity index is 644. The van der Waals surface area contributed by atoms with Crippen LogP contribution in [0.3, 0.4) is 0 Å². The zero-order chi connectivity index (χ0) is 18.9. The fourth-order valence-electron chi connectivity index (χ4n) is 3.14. The Morgan fingerprint density at radius 1 is 1.23 bits per heavy atom. The second-order valence-electron chi connectivity index (χ2n) is 6.44. The Kier molecular flexibility index (Phi) is 7.91. The summed E-state index contributed by atoms with van der Waals surface area (Å²) in [7, 11) is 1.30. The number of methoxy groups -OCH3 is 1. The van der Waals surface area contributed by atoms with Gasteiger partial charge in [-0.3, -0.25) is 14.4 Å². The van der Waals surface area contributed by atoms with Crippen molar-refractivity contribution >= 4 is 29.4 Å². The fraction of sp³-hybridized carbons (Fsp3) is 0.526. The smallest absolute Gasteiger partial charge is 0.307 e.